The molecule has 138 valence electrons. The van der Waals surface area contributed by atoms with Gasteiger partial charge in [0.25, 0.3) is 0 Å². The van der Waals surface area contributed by atoms with E-state index in [1.54, 1.807) is 0 Å². The Morgan fingerprint density at radius 3 is 2.35 bits per heavy atom. The van der Waals surface area contributed by atoms with E-state index in [9.17, 15) is 13.2 Å². The number of sulfonamides is 1. The number of fused-ring (bicyclic) bond motifs is 1. The number of benzene rings is 2. The van der Waals surface area contributed by atoms with Crippen molar-refractivity contribution in [2.24, 2.45) is 5.73 Å². The summed E-state index contributed by atoms with van der Waals surface area (Å²) in [5.41, 5.74) is 7.28. The molecule has 2 N–H and O–H groups in total. The minimum atomic E-state index is -3.96. The Balaban J connectivity index is 2.06. The highest BCUT2D eigenvalue weighted by Crippen LogP contribution is 2.33. The number of ether oxygens (including phenoxy) is 2. The number of primary amides is 1. The smallest absolute Gasteiger partial charge is 0.244 e. The summed E-state index contributed by atoms with van der Waals surface area (Å²) in [5.74, 6) is 0.0343. The lowest BCUT2D eigenvalue weighted by atomic mass is 9.96. The number of methoxy groups -OCH3 is 2. The van der Waals surface area contributed by atoms with Crippen molar-refractivity contribution in [3.05, 3.63) is 53.6 Å². The maximum atomic E-state index is 13.2. The average molecular weight is 376 g/mol. The molecule has 0 saturated carbocycles. The van der Waals surface area contributed by atoms with Crippen molar-refractivity contribution >= 4 is 15.9 Å². The van der Waals surface area contributed by atoms with Gasteiger partial charge in [-0.25, -0.2) is 8.42 Å². The molecule has 0 aliphatic carbocycles. The van der Waals surface area contributed by atoms with Gasteiger partial charge in [0, 0.05) is 12.6 Å². The Morgan fingerprint density at radius 2 is 1.73 bits per heavy atom. The van der Waals surface area contributed by atoms with Gasteiger partial charge in [0.15, 0.2) is 11.5 Å². The Bertz CT molecular complexity index is 942. The van der Waals surface area contributed by atoms with E-state index in [0.717, 1.165) is 15.4 Å². The molecule has 8 heteroatoms. The van der Waals surface area contributed by atoms with Crippen molar-refractivity contribution in [1.82, 2.24) is 4.31 Å². The lowest BCUT2D eigenvalue weighted by molar-refractivity contribution is -0.122. The standard InChI is InChI=1S/C18H20N2O5S/c1-24-16-8-7-14(10-17(16)25-2)26(22,23)20-11-13-6-4-3-5-12(13)9-15(20)18(19)21/h3-8,10,15H,9,11H2,1-2H3,(H2,19,21). The summed E-state index contributed by atoms with van der Waals surface area (Å²) in [4.78, 5) is 12.0. The zero-order valence-corrected chi connectivity index (χ0v) is 15.3. The first-order chi connectivity index (χ1) is 12.4. The third-order valence-corrected chi connectivity index (χ3v) is 6.35. The minimum absolute atomic E-state index is 0.0146. The number of hydrogen-bond donors (Lipinski definition) is 1. The van der Waals surface area contributed by atoms with Crippen LogP contribution < -0.4 is 15.2 Å². The first kappa shape index (κ1) is 18.2. The number of carbonyl (C=O) groups excluding carboxylic acids is 1. The van der Waals surface area contributed by atoms with Crippen LogP contribution in [0.2, 0.25) is 0 Å². The Hall–Kier alpha value is -2.58. The quantitative estimate of drug-likeness (QED) is 0.848. The van der Waals surface area contributed by atoms with Crippen molar-refractivity contribution < 1.29 is 22.7 Å². The lowest BCUT2D eigenvalue weighted by Gasteiger charge is -2.34. The van der Waals surface area contributed by atoms with Gasteiger partial charge in [-0.2, -0.15) is 4.31 Å². The Morgan fingerprint density at radius 1 is 1.08 bits per heavy atom. The highest BCUT2D eigenvalue weighted by molar-refractivity contribution is 7.89. The van der Waals surface area contributed by atoms with Crippen LogP contribution in [0, 0.1) is 0 Å². The van der Waals surface area contributed by atoms with Crippen molar-refractivity contribution in [2.75, 3.05) is 14.2 Å². The molecule has 0 spiro atoms. The molecule has 0 radical (unpaired) electrons. The van der Waals surface area contributed by atoms with Gasteiger partial charge >= 0.3 is 0 Å². The van der Waals surface area contributed by atoms with Crippen LogP contribution in [0.25, 0.3) is 0 Å². The second-order valence-electron chi connectivity index (χ2n) is 5.96. The summed E-state index contributed by atoms with van der Waals surface area (Å²) in [6.07, 6.45) is 0.248. The fourth-order valence-corrected chi connectivity index (χ4v) is 4.70. The normalized spacial score (nSPS) is 17.4. The predicted octanol–water partition coefficient (Wildman–Crippen LogP) is 1.30. The Labute approximate surface area is 152 Å². The summed E-state index contributed by atoms with van der Waals surface area (Å²) in [6.45, 7) is 0.0838. The molecule has 0 aromatic heterocycles. The van der Waals surface area contributed by atoms with Crippen molar-refractivity contribution in [2.45, 2.75) is 23.9 Å². The van der Waals surface area contributed by atoms with Crippen LogP contribution in [0.3, 0.4) is 0 Å². The molecule has 1 amide bonds. The van der Waals surface area contributed by atoms with Gasteiger partial charge in [-0.1, -0.05) is 24.3 Å². The van der Waals surface area contributed by atoms with E-state index in [-0.39, 0.29) is 17.9 Å². The van der Waals surface area contributed by atoms with Gasteiger partial charge in [0.2, 0.25) is 15.9 Å². The summed E-state index contributed by atoms with van der Waals surface area (Å²) >= 11 is 0. The van der Waals surface area contributed by atoms with Crippen LogP contribution in [-0.4, -0.2) is 38.9 Å². The van der Waals surface area contributed by atoms with Crippen molar-refractivity contribution in [3.8, 4) is 11.5 Å². The van der Waals surface area contributed by atoms with E-state index in [1.807, 2.05) is 24.3 Å². The summed E-state index contributed by atoms with van der Waals surface area (Å²) in [7, 11) is -1.06. The topological polar surface area (TPSA) is 98.9 Å². The molecule has 1 aliphatic heterocycles. The number of nitrogens with zero attached hydrogens (tertiary/aromatic N) is 1. The third kappa shape index (κ3) is 3.13. The van der Waals surface area contributed by atoms with E-state index in [0.29, 0.717) is 11.5 Å². The van der Waals surface area contributed by atoms with Crippen LogP contribution in [0.5, 0.6) is 11.5 Å². The molecule has 2 aromatic carbocycles. The van der Waals surface area contributed by atoms with Crippen molar-refractivity contribution in [1.29, 1.82) is 0 Å². The molecule has 26 heavy (non-hydrogen) atoms. The molecule has 0 saturated heterocycles. The average Bonchev–Trinajstić information content (AvgIpc) is 2.66. The second kappa shape index (κ2) is 6.97. The fourth-order valence-electron chi connectivity index (χ4n) is 3.11. The fraction of sp³-hybridized carbons (Fsp3) is 0.278. The maximum Gasteiger partial charge on any atom is 0.244 e. The molecule has 1 aliphatic rings. The van der Waals surface area contributed by atoms with E-state index in [4.69, 9.17) is 15.2 Å². The predicted molar refractivity (Wildman–Crippen MR) is 95.4 cm³/mol. The molecule has 1 heterocycles. The number of nitrogens with two attached hydrogens (primary N) is 1. The monoisotopic (exact) mass is 376 g/mol. The Kier molecular flexibility index (Phi) is 4.88. The second-order valence-corrected chi connectivity index (χ2v) is 7.85. The summed E-state index contributed by atoms with van der Waals surface area (Å²) in [6, 6.07) is 10.8. The highest BCUT2D eigenvalue weighted by Gasteiger charge is 2.38. The largest absolute Gasteiger partial charge is 0.493 e. The van der Waals surface area contributed by atoms with Gasteiger partial charge in [0.1, 0.15) is 6.04 Å². The SMILES string of the molecule is COc1ccc(S(=O)(=O)N2Cc3ccccc3CC2C(N)=O)cc1OC. The van der Waals surface area contributed by atoms with Gasteiger partial charge in [-0.05, 0) is 29.7 Å². The molecule has 0 fully saturated rings. The zero-order chi connectivity index (χ0) is 18.9. The number of rotatable bonds is 5. The highest BCUT2D eigenvalue weighted by atomic mass is 32.2. The molecule has 7 nitrogen and oxygen atoms in total. The molecule has 0 bridgehead atoms. The maximum absolute atomic E-state index is 13.2. The van der Waals surface area contributed by atoms with Crippen LogP contribution in [0.1, 0.15) is 11.1 Å². The van der Waals surface area contributed by atoms with E-state index < -0.39 is 22.0 Å². The van der Waals surface area contributed by atoms with Crippen molar-refractivity contribution in [3.63, 3.8) is 0 Å². The molecule has 1 atom stereocenters. The molecule has 2 aromatic rings. The number of amides is 1. The van der Waals surface area contributed by atoms with E-state index >= 15 is 0 Å². The molecule has 1 unspecified atom stereocenters. The molecule has 3 rings (SSSR count). The molecular weight excluding hydrogens is 356 g/mol. The lowest BCUT2D eigenvalue weighted by Crippen LogP contribution is -2.50. The van der Waals surface area contributed by atoms with Crippen LogP contribution in [-0.2, 0) is 27.8 Å². The first-order valence-electron chi connectivity index (χ1n) is 7.98. The minimum Gasteiger partial charge on any atom is -0.493 e. The van der Waals surface area contributed by atoms with Gasteiger partial charge < -0.3 is 15.2 Å². The molecular formula is C18H20N2O5S. The number of carbonyl (C=O) groups is 1. The van der Waals surface area contributed by atoms with Gasteiger partial charge in [0.05, 0.1) is 19.1 Å². The summed E-state index contributed by atoms with van der Waals surface area (Å²) < 4.78 is 37.9. The van der Waals surface area contributed by atoms with Gasteiger partial charge in [-0.15, -0.1) is 0 Å². The van der Waals surface area contributed by atoms with E-state index in [2.05, 4.69) is 0 Å². The van der Waals surface area contributed by atoms with Crippen LogP contribution in [0.15, 0.2) is 47.4 Å². The van der Waals surface area contributed by atoms with Crippen LogP contribution >= 0.6 is 0 Å². The number of hydrogen-bond acceptors (Lipinski definition) is 5. The zero-order valence-electron chi connectivity index (χ0n) is 14.5. The van der Waals surface area contributed by atoms with E-state index in [1.165, 1.54) is 32.4 Å². The summed E-state index contributed by atoms with van der Waals surface area (Å²) in [5, 5.41) is 0. The first-order valence-corrected chi connectivity index (χ1v) is 9.42. The third-order valence-electron chi connectivity index (χ3n) is 4.50. The van der Waals surface area contributed by atoms with Gasteiger partial charge in [-0.3, -0.25) is 4.79 Å². The van der Waals surface area contributed by atoms with Crippen LogP contribution in [0.4, 0.5) is 0 Å².